The molecule has 3 rings (SSSR count). The van der Waals surface area contributed by atoms with Gasteiger partial charge in [0, 0.05) is 13.1 Å². The Labute approximate surface area is 161 Å². The molecule has 0 N–H and O–H groups in total. The van der Waals surface area contributed by atoms with Crippen LogP contribution in [0.25, 0.3) is 0 Å². The summed E-state index contributed by atoms with van der Waals surface area (Å²) in [5, 5.41) is 0. The SMILES string of the molecule is Cc1ccccc1COC(=O)c1ccc(C)c(S(=O)(=O)N2CCCCC2)c1. The van der Waals surface area contributed by atoms with Gasteiger partial charge in [0.05, 0.1) is 10.5 Å². The maximum atomic E-state index is 13.0. The van der Waals surface area contributed by atoms with Crippen LogP contribution >= 0.6 is 0 Å². The van der Waals surface area contributed by atoms with Crippen LogP contribution in [0.2, 0.25) is 0 Å². The molecule has 0 bridgehead atoms. The van der Waals surface area contributed by atoms with Gasteiger partial charge in [0.2, 0.25) is 10.0 Å². The summed E-state index contributed by atoms with van der Waals surface area (Å²) < 4.78 is 32.9. The topological polar surface area (TPSA) is 63.7 Å². The number of ether oxygens (including phenoxy) is 1. The second-order valence-electron chi connectivity index (χ2n) is 6.95. The molecule has 1 aliphatic heterocycles. The molecule has 0 aliphatic carbocycles. The Morgan fingerprint density at radius 3 is 2.41 bits per heavy atom. The monoisotopic (exact) mass is 387 g/mol. The molecule has 27 heavy (non-hydrogen) atoms. The molecule has 0 unspecified atom stereocenters. The van der Waals surface area contributed by atoms with E-state index in [0.717, 1.165) is 30.4 Å². The van der Waals surface area contributed by atoms with E-state index in [1.54, 1.807) is 19.1 Å². The number of rotatable bonds is 5. The molecule has 0 spiro atoms. The van der Waals surface area contributed by atoms with Crippen molar-refractivity contribution in [2.75, 3.05) is 13.1 Å². The average Bonchev–Trinajstić information content (AvgIpc) is 2.68. The lowest BCUT2D eigenvalue weighted by Crippen LogP contribution is -2.36. The number of esters is 1. The van der Waals surface area contributed by atoms with Gasteiger partial charge in [-0.25, -0.2) is 13.2 Å². The number of carbonyl (C=O) groups excluding carboxylic acids is 1. The molecular weight excluding hydrogens is 362 g/mol. The highest BCUT2D eigenvalue weighted by molar-refractivity contribution is 7.89. The van der Waals surface area contributed by atoms with Crippen LogP contribution in [-0.4, -0.2) is 31.8 Å². The zero-order valence-corrected chi connectivity index (χ0v) is 16.6. The quantitative estimate of drug-likeness (QED) is 0.732. The molecule has 2 aromatic carbocycles. The van der Waals surface area contributed by atoms with Crippen LogP contribution in [-0.2, 0) is 21.4 Å². The minimum atomic E-state index is -3.60. The lowest BCUT2D eigenvalue weighted by Gasteiger charge is -2.26. The van der Waals surface area contributed by atoms with Crippen LogP contribution in [0.3, 0.4) is 0 Å². The summed E-state index contributed by atoms with van der Waals surface area (Å²) in [7, 11) is -3.60. The number of aryl methyl sites for hydroxylation is 2. The first-order valence-electron chi connectivity index (χ1n) is 9.22. The molecule has 0 atom stereocenters. The van der Waals surface area contributed by atoms with Crippen LogP contribution in [0.15, 0.2) is 47.4 Å². The Bertz CT molecular complexity index is 931. The van der Waals surface area contributed by atoms with Gasteiger partial charge in [-0.3, -0.25) is 0 Å². The first kappa shape index (κ1) is 19.6. The summed E-state index contributed by atoms with van der Waals surface area (Å²) in [6.45, 7) is 4.93. The molecule has 0 amide bonds. The normalized spacial score (nSPS) is 15.5. The van der Waals surface area contributed by atoms with E-state index in [1.165, 1.54) is 10.4 Å². The molecule has 0 radical (unpaired) electrons. The van der Waals surface area contributed by atoms with Crippen molar-refractivity contribution in [3.05, 3.63) is 64.7 Å². The zero-order chi connectivity index (χ0) is 19.4. The maximum Gasteiger partial charge on any atom is 0.338 e. The molecule has 5 nitrogen and oxygen atoms in total. The molecule has 6 heteroatoms. The minimum Gasteiger partial charge on any atom is -0.457 e. The molecule has 0 aromatic heterocycles. The van der Waals surface area contributed by atoms with E-state index >= 15 is 0 Å². The zero-order valence-electron chi connectivity index (χ0n) is 15.8. The molecule has 2 aromatic rings. The lowest BCUT2D eigenvalue weighted by atomic mass is 10.1. The number of hydrogen-bond donors (Lipinski definition) is 0. The minimum absolute atomic E-state index is 0.160. The molecule has 1 aliphatic rings. The van der Waals surface area contributed by atoms with Crippen molar-refractivity contribution in [1.82, 2.24) is 4.31 Å². The molecule has 0 saturated carbocycles. The first-order valence-corrected chi connectivity index (χ1v) is 10.7. The van der Waals surface area contributed by atoms with Gasteiger partial charge in [-0.15, -0.1) is 0 Å². The van der Waals surface area contributed by atoms with Crippen LogP contribution in [0.5, 0.6) is 0 Å². The molecule has 144 valence electrons. The van der Waals surface area contributed by atoms with E-state index in [-0.39, 0.29) is 17.1 Å². The van der Waals surface area contributed by atoms with Gasteiger partial charge in [0.15, 0.2) is 0 Å². The smallest absolute Gasteiger partial charge is 0.338 e. The fourth-order valence-electron chi connectivity index (χ4n) is 3.25. The fourth-order valence-corrected chi connectivity index (χ4v) is 5.02. The summed E-state index contributed by atoms with van der Waals surface area (Å²) in [6, 6.07) is 12.4. The standard InChI is InChI=1S/C21H25NO4S/c1-16-8-4-5-9-19(16)15-26-21(23)18-11-10-17(2)20(14-18)27(24,25)22-12-6-3-7-13-22/h4-5,8-11,14H,3,6-7,12-13,15H2,1-2H3. The Hall–Kier alpha value is -2.18. The van der Waals surface area contributed by atoms with Crippen molar-refractivity contribution < 1.29 is 17.9 Å². The number of hydrogen-bond acceptors (Lipinski definition) is 4. The van der Waals surface area contributed by atoms with E-state index in [4.69, 9.17) is 4.74 Å². The van der Waals surface area contributed by atoms with E-state index < -0.39 is 16.0 Å². The third-order valence-corrected chi connectivity index (χ3v) is 7.02. The van der Waals surface area contributed by atoms with Crippen molar-refractivity contribution >= 4 is 16.0 Å². The summed E-state index contributed by atoms with van der Waals surface area (Å²) in [4.78, 5) is 12.7. The number of sulfonamides is 1. The Balaban J connectivity index is 1.80. The van der Waals surface area contributed by atoms with Crippen molar-refractivity contribution in [1.29, 1.82) is 0 Å². The number of piperidine rings is 1. The van der Waals surface area contributed by atoms with Crippen molar-refractivity contribution in [3.8, 4) is 0 Å². The summed E-state index contributed by atoms with van der Waals surface area (Å²) in [5.41, 5.74) is 2.86. The van der Waals surface area contributed by atoms with Crippen LogP contribution in [0.1, 0.15) is 46.3 Å². The van der Waals surface area contributed by atoms with Crippen molar-refractivity contribution in [3.63, 3.8) is 0 Å². The van der Waals surface area contributed by atoms with Gasteiger partial charge in [-0.1, -0.05) is 36.8 Å². The van der Waals surface area contributed by atoms with E-state index in [2.05, 4.69) is 0 Å². The second-order valence-corrected chi connectivity index (χ2v) is 8.85. The largest absolute Gasteiger partial charge is 0.457 e. The Morgan fingerprint density at radius 2 is 1.70 bits per heavy atom. The molecule has 1 saturated heterocycles. The summed E-state index contributed by atoms with van der Waals surface area (Å²) in [6.07, 6.45) is 2.79. The average molecular weight is 388 g/mol. The highest BCUT2D eigenvalue weighted by Gasteiger charge is 2.28. The van der Waals surface area contributed by atoms with Gasteiger partial charge in [0.25, 0.3) is 0 Å². The van der Waals surface area contributed by atoms with E-state index in [0.29, 0.717) is 18.7 Å². The van der Waals surface area contributed by atoms with Gasteiger partial charge in [0.1, 0.15) is 6.61 Å². The number of nitrogens with zero attached hydrogens (tertiary/aromatic N) is 1. The number of carbonyl (C=O) groups is 1. The van der Waals surface area contributed by atoms with Crippen LogP contribution < -0.4 is 0 Å². The fraction of sp³-hybridized carbons (Fsp3) is 0.381. The van der Waals surface area contributed by atoms with Crippen molar-refractivity contribution in [2.45, 2.75) is 44.6 Å². The Kier molecular flexibility index (Phi) is 5.97. The maximum absolute atomic E-state index is 13.0. The van der Waals surface area contributed by atoms with Gasteiger partial charge < -0.3 is 4.74 Å². The molecular formula is C21H25NO4S. The highest BCUT2D eigenvalue weighted by Crippen LogP contribution is 2.25. The van der Waals surface area contributed by atoms with Gasteiger partial charge in [-0.05, 0) is 55.5 Å². The van der Waals surface area contributed by atoms with Gasteiger partial charge in [-0.2, -0.15) is 4.31 Å². The molecule has 1 heterocycles. The van der Waals surface area contributed by atoms with Crippen molar-refractivity contribution in [2.24, 2.45) is 0 Å². The second kappa shape index (κ2) is 8.23. The van der Waals surface area contributed by atoms with Gasteiger partial charge >= 0.3 is 5.97 Å². The van der Waals surface area contributed by atoms with Crippen LogP contribution in [0.4, 0.5) is 0 Å². The first-order chi connectivity index (χ1) is 12.9. The predicted molar refractivity (Wildman–Crippen MR) is 104 cm³/mol. The molecule has 1 fully saturated rings. The van der Waals surface area contributed by atoms with E-state index in [9.17, 15) is 13.2 Å². The summed E-state index contributed by atoms with van der Waals surface area (Å²) in [5.74, 6) is -0.520. The Morgan fingerprint density at radius 1 is 1.00 bits per heavy atom. The third-order valence-electron chi connectivity index (χ3n) is 4.98. The lowest BCUT2D eigenvalue weighted by molar-refractivity contribution is 0.0472. The summed E-state index contributed by atoms with van der Waals surface area (Å²) >= 11 is 0. The predicted octanol–water partition coefficient (Wildman–Crippen LogP) is 3.84. The van der Waals surface area contributed by atoms with E-state index in [1.807, 2.05) is 31.2 Å². The number of benzene rings is 2. The third kappa shape index (κ3) is 4.39. The highest BCUT2D eigenvalue weighted by atomic mass is 32.2. The van der Waals surface area contributed by atoms with Crippen LogP contribution in [0, 0.1) is 13.8 Å².